The molecule has 0 aliphatic carbocycles. The molecule has 0 bridgehead atoms. The smallest absolute Gasteiger partial charge is 0.161 e. The second kappa shape index (κ2) is 9.02. The van der Waals surface area contributed by atoms with Gasteiger partial charge in [0.25, 0.3) is 0 Å². The van der Waals surface area contributed by atoms with E-state index >= 15 is 0 Å². The highest BCUT2D eigenvalue weighted by molar-refractivity contribution is 5.93. The molecule has 0 aliphatic rings. The number of hydrogen-bond donors (Lipinski definition) is 1. The van der Waals surface area contributed by atoms with Crippen LogP contribution in [0.15, 0.2) is 57.9 Å². The number of rotatable bonds is 5. The molecule has 0 saturated carbocycles. The van der Waals surface area contributed by atoms with E-state index in [-0.39, 0.29) is 5.75 Å². The Labute approximate surface area is 194 Å². The highest BCUT2D eigenvalue weighted by atomic mass is 16.5. The predicted molar refractivity (Wildman–Crippen MR) is 132 cm³/mol. The van der Waals surface area contributed by atoms with E-state index in [1.165, 1.54) is 5.56 Å². The fraction of sp³-hybridized carbons (Fsp3) is 0.250. The number of phenolic OH excluding ortho intramolecular Hbond substituents is 1. The highest BCUT2D eigenvalue weighted by Gasteiger charge is 2.16. The lowest BCUT2D eigenvalue weighted by molar-refractivity contribution is 0.344. The molecule has 1 heterocycles. The molecule has 5 nitrogen and oxygen atoms in total. The van der Waals surface area contributed by atoms with E-state index in [0.717, 1.165) is 55.8 Å². The molecule has 4 rings (SSSR count). The summed E-state index contributed by atoms with van der Waals surface area (Å²) in [4.78, 5) is 5.08. The maximum atomic E-state index is 10.1. The maximum absolute atomic E-state index is 10.1. The van der Waals surface area contributed by atoms with Gasteiger partial charge in [-0.05, 0) is 81.6 Å². The van der Waals surface area contributed by atoms with E-state index in [1.807, 2.05) is 51.1 Å². The summed E-state index contributed by atoms with van der Waals surface area (Å²) in [5, 5.41) is 12.7. The van der Waals surface area contributed by atoms with Gasteiger partial charge in [-0.15, -0.1) is 0 Å². The first-order valence-corrected chi connectivity index (χ1v) is 11.0. The number of aryl methyl sites for hydroxylation is 4. The van der Waals surface area contributed by atoms with E-state index in [9.17, 15) is 5.11 Å². The molecule has 4 aromatic rings. The maximum Gasteiger partial charge on any atom is 0.161 e. The SMILES string of the molecule is CCOc1cc(-c2ccc(O)c(OC)c2)cc(=Nc2ccc(C)cc2C)c2c(C)oc(C)c12. The average molecular weight is 444 g/mol. The minimum absolute atomic E-state index is 0.0935. The fourth-order valence-electron chi connectivity index (χ4n) is 4.21. The summed E-state index contributed by atoms with van der Waals surface area (Å²) < 4.78 is 17.4. The van der Waals surface area contributed by atoms with Crippen molar-refractivity contribution in [3.05, 3.63) is 76.5 Å². The molecular weight excluding hydrogens is 414 g/mol. The molecule has 3 aromatic carbocycles. The summed E-state index contributed by atoms with van der Waals surface area (Å²) in [6.45, 7) is 10.5. The molecule has 0 aliphatic heterocycles. The van der Waals surface area contributed by atoms with Gasteiger partial charge in [0.2, 0.25) is 0 Å². The fourth-order valence-corrected chi connectivity index (χ4v) is 4.21. The minimum atomic E-state index is 0.0935. The monoisotopic (exact) mass is 443 g/mol. The van der Waals surface area contributed by atoms with Crippen LogP contribution in [0.4, 0.5) is 5.69 Å². The number of benzene rings is 2. The van der Waals surface area contributed by atoms with Crippen molar-refractivity contribution >= 4 is 16.5 Å². The summed E-state index contributed by atoms with van der Waals surface area (Å²) in [5.41, 5.74) is 4.98. The van der Waals surface area contributed by atoms with Crippen molar-refractivity contribution in [2.75, 3.05) is 13.7 Å². The number of phenols is 1. The van der Waals surface area contributed by atoms with Crippen molar-refractivity contribution in [1.29, 1.82) is 0 Å². The topological polar surface area (TPSA) is 64.2 Å². The van der Waals surface area contributed by atoms with E-state index in [0.29, 0.717) is 12.4 Å². The molecule has 1 N–H and O–H groups in total. The van der Waals surface area contributed by atoms with E-state index < -0.39 is 0 Å². The summed E-state index contributed by atoms with van der Waals surface area (Å²) in [7, 11) is 1.54. The molecule has 0 radical (unpaired) electrons. The lowest BCUT2D eigenvalue weighted by atomic mass is 10.1. The van der Waals surface area contributed by atoms with E-state index in [1.54, 1.807) is 13.2 Å². The van der Waals surface area contributed by atoms with Crippen molar-refractivity contribution in [1.82, 2.24) is 0 Å². The van der Waals surface area contributed by atoms with Crippen molar-refractivity contribution in [2.45, 2.75) is 34.6 Å². The molecule has 0 fully saturated rings. The zero-order valence-electron chi connectivity index (χ0n) is 19.9. The number of furan rings is 1. The quantitative estimate of drug-likeness (QED) is 0.374. The van der Waals surface area contributed by atoms with Gasteiger partial charge in [-0.2, -0.15) is 0 Å². The summed E-state index contributed by atoms with van der Waals surface area (Å²) in [6.07, 6.45) is 0. The number of nitrogens with zero attached hydrogens (tertiary/aromatic N) is 1. The lowest BCUT2D eigenvalue weighted by Gasteiger charge is -2.07. The number of methoxy groups -OCH3 is 1. The number of hydrogen-bond acceptors (Lipinski definition) is 5. The summed E-state index contributed by atoms with van der Waals surface area (Å²) >= 11 is 0. The third-order valence-corrected chi connectivity index (χ3v) is 5.75. The van der Waals surface area contributed by atoms with Crippen LogP contribution < -0.4 is 14.8 Å². The molecule has 33 heavy (non-hydrogen) atoms. The van der Waals surface area contributed by atoms with Crippen LogP contribution in [0.3, 0.4) is 0 Å². The summed E-state index contributed by atoms with van der Waals surface area (Å²) in [6, 6.07) is 15.6. The molecule has 5 heteroatoms. The first kappa shape index (κ1) is 22.5. The van der Waals surface area contributed by atoms with Gasteiger partial charge in [-0.3, -0.25) is 0 Å². The van der Waals surface area contributed by atoms with Crippen LogP contribution in [0, 0.1) is 27.7 Å². The highest BCUT2D eigenvalue weighted by Crippen LogP contribution is 2.36. The standard InChI is InChI=1S/C28H29NO4/c1-7-32-26-15-21(20-9-11-24(30)25(14-20)31-6)13-23(27-18(4)33-19(5)28(26)27)29-22-10-8-16(2)12-17(22)3/h8-15,30H,7H2,1-6H3. The largest absolute Gasteiger partial charge is 0.504 e. The predicted octanol–water partition coefficient (Wildman–Crippen LogP) is 6.68. The Hall–Kier alpha value is -3.73. The van der Waals surface area contributed by atoms with Crippen LogP contribution in [0.2, 0.25) is 0 Å². The number of aromatic hydroxyl groups is 1. The van der Waals surface area contributed by atoms with E-state index in [4.69, 9.17) is 18.9 Å². The molecule has 0 saturated heterocycles. The Kier molecular flexibility index (Phi) is 6.14. The summed E-state index contributed by atoms with van der Waals surface area (Å²) in [5.74, 6) is 2.80. The average Bonchev–Trinajstić information content (AvgIpc) is 2.97. The molecule has 0 spiro atoms. The first-order valence-electron chi connectivity index (χ1n) is 11.0. The molecule has 1 aromatic heterocycles. The molecule has 170 valence electrons. The van der Waals surface area contributed by atoms with Crippen LogP contribution in [-0.4, -0.2) is 18.8 Å². The minimum Gasteiger partial charge on any atom is -0.504 e. The van der Waals surface area contributed by atoms with Crippen molar-refractivity contribution < 1.29 is 19.0 Å². The van der Waals surface area contributed by atoms with Crippen LogP contribution >= 0.6 is 0 Å². The zero-order chi connectivity index (χ0) is 23.7. The molecule has 0 amide bonds. The second-order valence-electron chi connectivity index (χ2n) is 8.18. The third-order valence-electron chi connectivity index (χ3n) is 5.75. The van der Waals surface area contributed by atoms with Crippen LogP contribution in [0.5, 0.6) is 17.2 Å². The van der Waals surface area contributed by atoms with Gasteiger partial charge in [0, 0.05) is 0 Å². The molecule has 0 unspecified atom stereocenters. The Balaban J connectivity index is 2.14. The van der Waals surface area contributed by atoms with Crippen molar-refractivity contribution in [3.8, 4) is 28.4 Å². The zero-order valence-corrected chi connectivity index (χ0v) is 19.9. The van der Waals surface area contributed by atoms with Gasteiger partial charge in [-0.25, -0.2) is 4.99 Å². The Morgan fingerprint density at radius 2 is 1.58 bits per heavy atom. The molecular formula is C28H29NO4. The normalized spacial score (nSPS) is 11.8. The first-order chi connectivity index (χ1) is 15.8. The van der Waals surface area contributed by atoms with Crippen molar-refractivity contribution in [3.63, 3.8) is 0 Å². The van der Waals surface area contributed by atoms with Gasteiger partial charge in [0.05, 0.1) is 35.5 Å². The Morgan fingerprint density at radius 1 is 0.848 bits per heavy atom. The Bertz CT molecular complexity index is 1420. The third kappa shape index (κ3) is 4.31. The van der Waals surface area contributed by atoms with Crippen LogP contribution in [0.1, 0.15) is 29.6 Å². The van der Waals surface area contributed by atoms with Gasteiger partial charge in [-0.1, -0.05) is 23.8 Å². The Morgan fingerprint density at radius 3 is 2.27 bits per heavy atom. The lowest BCUT2D eigenvalue weighted by Crippen LogP contribution is -2.00. The van der Waals surface area contributed by atoms with E-state index in [2.05, 4.69) is 26.0 Å². The van der Waals surface area contributed by atoms with Gasteiger partial charge in [0.15, 0.2) is 11.5 Å². The van der Waals surface area contributed by atoms with Crippen LogP contribution in [-0.2, 0) is 0 Å². The number of fused-ring (bicyclic) bond motifs is 1. The van der Waals surface area contributed by atoms with Gasteiger partial charge in [0.1, 0.15) is 17.3 Å². The second-order valence-corrected chi connectivity index (χ2v) is 8.18. The van der Waals surface area contributed by atoms with Gasteiger partial charge < -0.3 is 19.0 Å². The van der Waals surface area contributed by atoms with Crippen LogP contribution in [0.25, 0.3) is 21.9 Å². The molecule has 0 atom stereocenters. The van der Waals surface area contributed by atoms with Gasteiger partial charge >= 0.3 is 0 Å². The number of ether oxygens (including phenoxy) is 2. The van der Waals surface area contributed by atoms with Crippen molar-refractivity contribution in [2.24, 2.45) is 4.99 Å².